The molecule has 0 saturated carbocycles. The summed E-state index contributed by atoms with van der Waals surface area (Å²) in [6.45, 7) is 7.07. The van der Waals surface area contributed by atoms with Gasteiger partial charge in [0.2, 0.25) is 5.95 Å². The summed E-state index contributed by atoms with van der Waals surface area (Å²) in [7, 11) is 3.01. The van der Waals surface area contributed by atoms with Crippen molar-refractivity contribution in [1.82, 2.24) is 15.3 Å². The van der Waals surface area contributed by atoms with Crippen molar-refractivity contribution in [2.24, 2.45) is 5.92 Å². The Bertz CT molecular complexity index is 665. The summed E-state index contributed by atoms with van der Waals surface area (Å²) in [5.74, 6) is -0.134. The van der Waals surface area contributed by atoms with Crippen molar-refractivity contribution in [3.63, 3.8) is 0 Å². The fraction of sp³-hybridized carbons (Fsp3) is 0.684. The Balaban J connectivity index is 1.92. The monoisotopic (exact) mass is 394 g/mol. The second kappa shape index (κ2) is 9.79. The molecule has 1 fully saturated rings. The molecule has 1 aliphatic rings. The SMILES string of the molecule is COC(CNC(=O)c1ccnc(N2CCC(C(=O)OC(C)(C)C)CC2)n1)OC. The van der Waals surface area contributed by atoms with E-state index in [0.717, 1.165) is 0 Å². The number of ether oxygens (including phenoxy) is 3. The van der Waals surface area contributed by atoms with E-state index in [1.807, 2.05) is 25.7 Å². The molecule has 1 N–H and O–H groups in total. The summed E-state index contributed by atoms with van der Waals surface area (Å²) in [5.41, 5.74) is -0.214. The maximum Gasteiger partial charge on any atom is 0.309 e. The van der Waals surface area contributed by atoms with Crippen molar-refractivity contribution in [1.29, 1.82) is 0 Å². The Morgan fingerprint density at radius 1 is 1.25 bits per heavy atom. The topological polar surface area (TPSA) is 103 Å². The number of rotatable bonds is 7. The fourth-order valence-corrected chi connectivity index (χ4v) is 2.86. The first kappa shape index (κ1) is 22.0. The molecule has 0 aromatic carbocycles. The molecular weight excluding hydrogens is 364 g/mol. The van der Waals surface area contributed by atoms with Crippen LogP contribution in [0.1, 0.15) is 44.1 Å². The summed E-state index contributed by atoms with van der Waals surface area (Å²) < 4.78 is 15.6. The first-order chi connectivity index (χ1) is 13.2. The zero-order chi connectivity index (χ0) is 20.7. The van der Waals surface area contributed by atoms with Crippen molar-refractivity contribution in [3.8, 4) is 0 Å². The van der Waals surface area contributed by atoms with Crippen LogP contribution in [0, 0.1) is 5.92 Å². The van der Waals surface area contributed by atoms with E-state index in [2.05, 4.69) is 15.3 Å². The maximum atomic E-state index is 12.3. The smallest absolute Gasteiger partial charge is 0.309 e. The lowest BCUT2D eigenvalue weighted by atomic mass is 9.97. The van der Waals surface area contributed by atoms with Gasteiger partial charge in [0.1, 0.15) is 11.3 Å². The van der Waals surface area contributed by atoms with Crippen molar-refractivity contribution < 1.29 is 23.8 Å². The van der Waals surface area contributed by atoms with Gasteiger partial charge in [0.25, 0.3) is 5.91 Å². The Morgan fingerprint density at radius 3 is 2.46 bits per heavy atom. The van der Waals surface area contributed by atoms with E-state index in [1.54, 1.807) is 12.3 Å². The molecule has 2 rings (SSSR count). The number of aromatic nitrogens is 2. The molecule has 156 valence electrons. The number of methoxy groups -OCH3 is 2. The van der Waals surface area contributed by atoms with Gasteiger partial charge in [-0.1, -0.05) is 0 Å². The Hall–Kier alpha value is -2.26. The van der Waals surface area contributed by atoms with Crippen molar-refractivity contribution in [2.75, 3.05) is 38.8 Å². The molecule has 28 heavy (non-hydrogen) atoms. The van der Waals surface area contributed by atoms with Crippen molar-refractivity contribution in [2.45, 2.75) is 45.5 Å². The van der Waals surface area contributed by atoms with Crippen molar-refractivity contribution >= 4 is 17.8 Å². The second-order valence-corrected chi connectivity index (χ2v) is 7.65. The number of hydrogen-bond acceptors (Lipinski definition) is 8. The zero-order valence-corrected chi connectivity index (χ0v) is 17.2. The number of hydrogen-bond donors (Lipinski definition) is 1. The molecule has 1 amide bonds. The first-order valence-electron chi connectivity index (χ1n) is 9.38. The lowest BCUT2D eigenvalue weighted by molar-refractivity contribution is -0.160. The minimum absolute atomic E-state index is 0.123. The summed E-state index contributed by atoms with van der Waals surface area (Å²) in [6, 6.07) is 1.56. The normalized spacial score (nSPS) is 15.6. The number of carbonyl (C=O) groups excluding carboxylic acids is 2. The summed E-state index contributed by atoms with van der Waals surface area (Å²) >= 11 is 0. The molecule has 1 saturated heterocycles. The van der Waals surface area contributed by atoms with Gasteiger partial charge in [-0.15, -0.1) is 0 Å². The van der Waals surface area contributed by atoms with Crippen LogP contribution in [0.3, 0.4) is 0 Å². The van der Waals surface area contributed by atoms with Crippen LogP contribution in [0.15, 0.2) is 12.3 Å². The van der Waals surface area contributed by atoms with Crippen LogP contribution in [-0.4, -0.2) is 67.6 Å². The molecule has 9 heteroatoms. The fourth-order valence-electron chi connectivity index (χ4n) is 2.86. The summed E-state index contributed by atoms with van der Waals surface area (Å²) in [6.07, 6.45) is 2.37. The van der Waals surface area contributed by atoms with Gasteiger partial charge in [0.05, 0.1) is 12.5 Å². The van der Waals surface area contributed by atoms with E-state index < -0.39 is 11.9 Å². The summed E-state index contributed by atoms with van der Waals surface area (Å²) in [5, 5.41) is 2.72. The molecule has 1 aromatic heterocycles. The zero-order valence-electron chi connectivity index (χ0n) is 17.2. The second-order valence-electron chi connectivity index (χ2n) is 7.65. The average Bonchev–Trinajstić information content (AvgIpc) is 2.67. The lowest BCUT2D eigenvalue weighted by Gasteiger charge is -2.32. The van der Waals surface area contributed by atoms with Crippen molar-refractivity contribution in [3.05, 3.63) is 18.0 Å². The highest BCUT2D eigenvalue weighted by Crippen LogP contribution is 2.23. The third kappa shape index (κ3) is 6.42. The largest absolute Gasteiger partial charge is 0.460 e. The predicted octanol–water partition coefficient (Wildman–Crippen LogP) is 1.38. The third-order valence-electron chi connectivity index (χ3n) is 4.35. The van der Waals surface area contributed by atoms with Crippen LogP contribution in [0.5, 0.6) is 0 Å². The highest BCUT2D eigenvalue weighted by molar-refractivity contribution is 5.92. The number of carbonyl (C=O) groups is 2. The molecule has 0 aliphatic carbocycles. The third-order valence-corrected chi connectivity index (χ3v) is 4.35. The number of piperidine rings is 1. The molecular formula is C19H30N4O5. The predicted molar refractivity (Wildman–Crippen MR) is 103 cm³/mol. The van der Waals surface area contributed by atoms with E-state index in [1.165, 1.54) is 14.2 Å². The van der Waals surface area contributed by atoms with E-state index in [-0.39, 0.29) is 30.0 Å². The van der Waals surface area contributed by atoms with Crippen LogP contribution in [0.4, 0.5) is 5.95 Å². The van der Waals surface area contributed by atoms with Gasteiger partial charge in [-0.05, 0) is 39.7 Å². The van der Waals surface area contributed by atoms with Gasteiger partial charge in [-0.25, -0.2) is 9.97 Å². The minimum atomic E-state index is -0.517. The number of esters is 1. The molecule has 0 atom stereocenters. The van der Waals surface area contributed by atoms with E-state index in [4.69, 9.17) is 14.2 Å². The number of anilines is 1. The van der Waals surface area contributed by atoms with Gasteiger partial charge < -0.3 is 24.4 Å². The van der Waals surface area contributed by atoms with Crippen LogP contribution in [-0.2, 0) is 19.0 Å². The number of nitrogens with one attached hydrogen (secondary N) is 1. The van der Waals surface area contributed by atoms with Crippen LogP contribution >= 0.6 is 0 Å². The lowest BCUT2D eigenvalue weighted by Crippen LogP contribution is -2.40. The van der Waals surface area contributed by atoms with Gasteiger partial charge >= 0.3 is 5.97 Å². The van der Waals surface area contributed by atoms with E-state index in [9.17, 15) is 9.59 Å². The summed E-state index contributed by atoms with van der Waals surface area (Å²) in [4.78, 5) is 35.1. The first-order valence-corrected chi connectivity index (χ1v) is 9.38. The van der Waals surface area contributed by atoms with Gasteiger partial charge in [-0.3, -0.25) is 9.59 Å². The molecule has 0 unspecified atom stereocenters. The minimum Gasteiger partial charge on any atom is -0.460 e. The van der Waals surface area contributed by atoms with Crippen LogP contribution in [0.2, 0.25) is 0 Å². The molecule has 0 radical (unpaired) electrons. The standard InChI is InChI=1S/C19H30N4O5/c1-19(2,3)28-17(25)13-7-10-23(11-8-13)18-20-9-6-14(22-18)16(24)21-12-15(26-4)27-5/h6,9,13,15H,7-8,10-12H2,1-5H3,(H,21,24). The molecule has 1 aromatic rings. The Kier molecular flexibility index (Phi) is 7.70. The van der Waals surface area contributed by atoms with E-state index in [0.29, 0.717) is 31.9 Å². The number of nitrogens with zero attached hydrogens (tertiary/aromatic N) is 3. The molecule has 0 bridgehead atoms. The van der Waals surface area contributed by atoms with Crippen LogP contribution < -0.4 is 10.2 Å². The van der Waals surface area contributed by atoms with Gasteiger partial charge in [0, 0.05) is 33.5 Å². The highest BCUT2D eigenvalue weighted by atomic mass is 16.7. The highest BCUT2D eigenvalue weighted by Gasteiger charge is 2.30. The maximum absolute atomic E-state index is 12.3. The molecule has 2 heterocycles. The Morgan fingerprint density at radius 2 is 1.89 bits per heavy atom. The van der Waals surface area contributed by atoms with Gasteiger partial charge in [-0.2, -0.15) is 0 Å². The number of amides is 1. The van der Waals surface area contributed by atoms with Crippen LogP contribution in [0.25, 0.3) is 0 Å². The molecule has 9 nitrogen and oxygen atoms in total. The van der Waals surface area contributed by atoms with E-state index >= 15 is 0 Å². The average molecular weight is 394 g/mol. The Labute approximate surface area is 165 Å². The molecule has 0 spiro atoms. The quantitative estimate of drug-likeness (QED) is 0.547. The van der Waals surface area contributed by atoms with Gasteiger partial charge in [0.15, 0.2) is 6.29 Å². The molecule has 1 aliphatic heterocycles.